The first-order chi connectivity index (χ1) is 13.8. The molecule has 0 bridgehead atoms. The summed E-state index contributed by atoms with van der Waals surface area (Å²) in [5.74, 6) is -1.18. The molecule has 0 aliphatic rings. The first-order valence-electron chi connectivity index (χ1n) is 8.21. The van der Waals surface area contributed by atoms with Crippen molar-refractivity contribution >= 4 is 50.8 Å². The Morgan fingerprint density at radius 3 is 2.52 bits per heavy atom. The van der Waals surface area contributed by atoms with Gasteiger partial charge in [-0.05, 0) is 18.6 Å². The number of anilines is 1. The van der Waals surface area contributed by atoms with E-state index in [0.717, 1.165) is 11.3 Å². The molecular weight excluding hydrogens is 422 g/mol. The summed E-state index contributed by atoms with van der Waals surface area (Å²) in [5, 5.41) is 1.02. The van der Waals surface area contributed by atoms with Crippen molar-refractivity contribution in [2.45, 2.75) is 13.5 Å². The first kappa shape index (κ1) is 20.7. The largest absolute Gasteiger partial charge is 0.487 e. The van der Waals surface area contributed by atoms with Crippen molar-refractivity contribution in [3.63, 3.8) is 0 Å². The summed E-state index contributed by atoms with van der Waals surface area (Å²) >= 11 is 7.19. The molecule has 0 saturated heterocycles. The number of fused-ring (bicyclic) bond motifs is 1. The van der Waals surface area contributed by atoms with E-state index in [1.165, 1.54) is 26.4 Å². The van der Waals surface area contributed by atoms with Gasteiger partial charge in [-0.3, -0.25) is 0 Å². The van der Waals surface area contributed by atoms with E-state index in [0.29, 0.717) is 16.5 Å². The molecule has 0 spiro atoms. The lowest BCUT2D eigenvalue weighted by atomic mass is 10.1. The van der Waals surface area contributed by atoms with Gasteiger partial charge in [-0.15, -0.1) is 11.3 Å². The van der Waals surface area contributed by atoms with Gasteiger partial charge in [0.1, 0.15) is 33.4 Å². The molecule has 0 amide bonds. The number of carbonyl (C=O) groups is 2. The Bertz CT molecular complexity index is 1180. The number of carbonyl (C=O) groups excluding carboxylic acids is 2. The third kappa shape index (κ3) is 3.92. The fraction of sp³-hybridized carbons (Fsp3) is 0.211. The minimum absolute atomic E-state index is 0.0252. The maximum Gasteiger partial charge on any atom is 0.348 e. The zero-order valence-corrected chi connectivity index (χ0v) is 17.2. The zero-order valence-electron chi connectivity index (χ0n) is 15.7. The van der Waals surface area contributed by atoms with Crippen LogP contribution in [0.15, 0.2) is 27.4 Å². The Balaban J connectivity index is 2.03. The summed E-state index contributed by atoms with van der Waals surface area (Å²) in [7, 11) is 2.41. The number of hydrogen-bond acceptors (Lipinski definition) is 9. The fourth-order valence-corrected chi connectivity index (χ4v) is 3.98. The maximum atomic E-state index is 12.1. The van der Waals surface area contributed by atoms with Gasteiger partial charge in [-0.1, -0.05) is 11.6 Å². The highest BCUT2D eigenvalue weighted by atomic mass is 35.5. The van der Waals surface area contributed by atoms with E-state index in [1.807, 2.05) is 0 Å². The van der Waals surface area contributed by atoms with Gasteiger partial charge in [0.05, 0.1) is 19.2 Å². The molecule has 0 saturated carbocycles. The lowest BCUT2D eigenvalue weighted by Gasteiger charge is -2.11. The zero-order chi connectivity index (χ0) is 21.3. The minimum atomic E-state index is -0.710. The van der Waals surface area contributed by atoms with Crippen LogP contribution >= 0.6 is 22.9 Å². The minimum Gasteiger partial charge on any atom is -0.487 e. The number of nitrogens with two attached hydrogens (primary N) is 1. The Morgan fingerprint density at radius 1 is 1.17 bits per heavy atom. The Labute approximate surface area is 173 Å². The third-order valence-corrected chi connectivity index (χ3v) is 5.51. The highest BCUT2D eigenvalue weighted by molar-refractivity contribution is 7.18. The van der Waals surface area contributed by atoms with Crippen molar-refractivity contribution in [2.75, 3.05) is 20.0 Å². The number of nitrogen functional groups attached to an aromatic ring is 1. The van der Waals surface area contributed by atoms with Crippen molar-refractivity contribution in [2.24, 2.45) is 0 Å². The second kappa shape index (κ2) is 8.14. The van der Waals surface area contributed by atoms with Gasteiger partial charge in [0.2, 0.25) is 0 Å². The molecule has 0 aliphatic heterocycles. The molecule has 0 radical (unpaired) electrons. The summed E-state index contributed by atoms with van der Waals surface area (Å²) in [6.07, 6.45) is 0. The number of halogens is 1. The van der Waals surface area contributed by atoms with Gasteiger partial charge < -0.3 is 24.4 Å². The molecule has 0 atom stereocenters. The molecule has 2 heterocycles. The van der Waals surface area contributed by atoms with Crippen LogP contribution in [-0.4, -0.2) is 26.2 Å². The van der Waals surface area contributed by atoms with Crippen LogP contribution in [-0.2, 0) is 16.1 Å². The van der Waals surface area contributed by atoms with Crippen LogP contribution in [0.4, 0.5) is 5.00 Å². The number of thiophene rings is 1. The average molecular weight is 438 g/mol. The molecule has 2 aromatic heterocycles. The molecular formula is C19H16ClNO7S. The molecule has 152 valence electrons. The van der Waals surface area contributed by atoms with Gasteiger partial charge in [-0.2, -0.15) is 0 Å². The molecule has 3 rings (SSSR count). The SMILES string of the molecule is COC(=O)c1sc(N)c(C(=O)OC)c1COc1cc2oc(=O)cc(C)c2cc1Cl. The predicted octanol–water partition coefficient (Wildman–Crippen LogP) is 3.55. The summed E-state index contributed by atoms with van der Waals surface area (Å²) in [5.41, 5.74) is 6.63. The van der Waals surface area contributed by atoms with Crippen LogP contribution in [0.3, 0.4) is 0 Å². The van der Waals surface area contributed by atoms with E-state index in [-0.39, 0.29) is 38.4 Å². The van der Waals surface area contributed by atoms with Crippen LogP contribution in [0.1, 0.15) is 31.2 Å². The van der Waals surface area contributed by atoms with Crippen LogP contribution in [0.5, 0.6) is 5.75 Å². The molecule has 8 nitrogen and oxygen atoms in total. The first-order valence-corrected chi connectivity index (χ1v) is 9.40. The second-order valence-corrected chi connectivity index (χ2v) is 7.41. The molecule has 3 aromatic rings. The van der Waals surface area contributed by atoms with Crippen LogP contribution in [0.25, 0.3) is 11.0 Å². The van der Waals surface area contributed by atoms with E-state index in [4.69, 9.17) is 36.0 Å². The van der Waals surface area contributed by atoms with Gasteiger partial charge >= 0.3 is 17.6 Å². The van der Waals surface area contributed by atoms with Gasteiger partial charge in [0.25, 0.3) is 0 Å². The van der Waals surface area contributed by atoms with Gasteiger partial charge in [0, 0.05) is 23.1 Å². The number of ether oxygens (including phenoxy) is 3. The number of aryl methyl sites for hydroxylation is 1. The molecule has 0 unspecified atom stereocenters. The molecule has 0 fully saturated rings. The summed E-state index contributed by atoms with van der Waals surface area (Å²) in [4.78, 5) is 36.0. The molecule has 0 aliphatic carbocycles. The van der Waals surface area contributed by atoms with E-state index in [2.05, 4.69) is 0 Å². The number of esters is 2. The van der Waals surface area contributed by atoms with Crippen LogP contribution in [0, 0.1) is 6.92 Å². The third-order valence-electron chi connectivity index (χ3n) is 4.17. The summed E-state index contributed by atoms with van der Waals surface area (Å²) < 4.78 is 20.4. The second-order valence-electron chi connectivity index (χ2n) is 5.95. The van der Waals surface area contributed by atoms with Crippen LogP contribution < -0.4 is 16.1 Å². The number of methoxy groups -OCH3 is 2. The maximum absolute atomic E-state index is 12.1. The lowest BCUT2D eigenvalue weighted by Crippen LogP contribution is -2.11. The highest BCUT2D eigenvalue weighted by Crippen LogP contribution is 2.35. The van der Waals surface area contributed by atoms with Crippen molar-refractivity contribution in [3.05, 3.63) is 55.2 Å². The summed E-state index contributed by atoms with van der Waals surface area (Å²) in [6.45, 7) is 1.54. The molecule has 1 aromatic carbocycles. The quantitative estimate of drug-likeness (QED) is 0.475. The Morgan fingerprint density at radius 2 is 1.86 bits per heavy atom. The van der Waals surface area contributed by atoms with E-state index in [9.17, 15) is 14.4 Å². The highest BCUT2D eigenvalue weighted by Gasteiger charge is 2.27. The lowest BCUT2D eigenvalue weighted by molar-refractivity contribution is 0.0599. The van der Waals surface area contributed by atoms with Crippen molar-refractivity contribution < 1.29 is 28.2 Å². The van der Waals surface area contributed by atoms with Gasteiger partial charge in [0.15, 0.2) is 0 Å². The molecule has 29 heavy (non-hydrogen) atoms. The fourth-order valence-electron chi connectivity index (χ4n) is 2.79. The predicted molar refractivity (Wildman–Crippen MR) is 108 cm³/mol. The molecule has 10 heteroatoms. The van der Waals surface area contributed by atoms with E-state index < -0.39 is 17.6 Å². The molecule has 2 N–H and O–H groups in total. The summed E-state index contributed by atoms with van der Waals surface area (Å²) in [6, 6.07) is 4.44. The van der Waals surface area contributed by atoms with Gasteiger partial charge in [-0.25, -0.2) is 14.4 Å². The normalized spacial score (nSPS) is 10.8. The van der Waals surface area contributed by atoms with E-state index in [1.54, 1.807) is 13.0 Å². The standard InChI is InChI=1S/C19H16ClNO7S/c1-8-4-14(22)28-12-6-13(11(20)5-9(8)12)27-7-10-15(18(23)25-2)17(21)29-16(10)19(24)26-3/h4-6H,7,21H2,1-3H3. The Kier molecular flexibility index (Phi) is 5.81. The Hall–Kier alpha value is -3.04. The van der Waals surface area contributed by atoms with E-state index >= 15 is 0 Å². The smallest absolute Gasteiger partial charge is 0.348 e. The monoisotopic (exact) mass is 437 g/mol. The van der Waals surface area contributed by atoms with Crippen molar-refractivity contribution in [1.82, 2.24) is 0 Å². The van der Waals surface area contributed by atoms with Crippen molar-refractivity contribution in [3.8, 4) is 5.75 Å². The van der Waals surface area contributed by atoms with Crippen LogP contribution in [0.2, 0.25) is 5.02 Å². The van der Waals surface area contributed by atoms with Crippen molar-refractivity contribution in [1.29, 1.82) is 0 Å². The number of rotatable bonds is 5. The average Bonchev–Trinajstić information content (AvgIpc) is 3.02. The topological polar surface area (TPSA) is 118 Å². The number of benzene rings is 1. The number of hydrogen-bond donors (Lipinski definition) is 1.